The van der Waals surface area contributed by atoms with E-state index in [0.717, 1.165) is 48.5 Å². The first-order chi connectivity index (χ1) is 17.8. The van der Waals surface area contributed by atoms with Gasteiger partial charge in [0.2, 0.25) is 0 Å². The molecule has 1 saturated carbocycles. The Labute approximate surface area is 228 Å². The van der Waals surface area contributed by atoms with Gasteiger partial charge in [-0.1, -0.05) is 23.7 Å². The smallest absolute Gasteiger partial charge is 0.256 e. The molecule has 1 aliphatic heterocycles. The van der Waals surface area contributed by atoms with Crippen LogP contribution in [0.4, 0.5) is 5.82 Å². The Balaban J connectivity index is 1.29. The highest BCUT2D eigenvalue weighted by molar-refractivity contribution is 7.11. The molecule has 198 valence electrons. The van der Waals surface area contributed by atoms with E-state index in [1.54, 1.807) is 4.68 Å². The molecule has 2 fully saturated rings. The summed E-state index contributed by atoms with van der Waals surface area (Å²) in [6, 6.07) is 10.6. The summed E-state index contributed by atoms with van der Waals surface area (Å²) in [7, 11) is 1.87. The first-order valence-corrected chi connectivity index (χ1v) is 14.3. The summed E-state index contributed by atoms with van der Waals surface area (Å²) >= 11 is 7.97. The second kappa shape index (κ2) is 11.2. The maximum Gasteiger partial charge on any atom is 0.256 e. The van der Waals surface area contributed by atoms with Gasteiger partial charge >= 0.3 is 0 Å². The molecule has 9 heteroatoms. The summed E-state index contributed by atoms with van der Waals surface area (Å²) in [5.41, 5.74) is 3.39. The quantitative estimate of drug-likeness (QED) is 0.450. The summed E-state index contributed by atoms with van der Waals surface area (Å²) in [5, 5.41) is 9.37. The number of nitrogens with one attached hydrogen (secondary N) is 1. The molecule has 0 spiro atoms. The van der Waals surface area contributed by atoms with Gasteiger partial charge in [-0.2, -0.15) is 5.10 Å². The number of benzene rings is 1. The highest BCUT2D eigenvalue weighted by Gasteiger charge is 2.38. The number of anilines is 1. The molecule has 1 aromatic carbocycles. The van der Waals surface area contributed by atoms with Gasteiger partial charge in [0.1, 0.15) is 6.10 Å². The van der Waals surface area contributed by atoms with Crippen LogP contribution in [0.25, 0.3) is 0 Å². The van der Waals surface area contributed by atoms with Gasteiger partial charge < -0.3 is 10.1 Å². The number of halogens is 1. The Bertz CT molecular complexity index is 1190. The number of carbonyl (C=O) groups is 1. The van der Waals surface area contributed by atoms with Gasteiger partial charge in [-0.15, -0.1) is 11.3 Å². The minimum Gasteiger partial charge on any atom is -0.365 e. The van der Waals surface area contributed by atoms with Gasteiger partial charge in [-0.3, -0.25) is 14.4 Å². The van der Waals surface area contributed by atoms with Crippen LogP contribution in [-0.4, -0.2) is 56.9 Å². The molecule has 5 rings (SSSR count). The molecule has 1 saturated heterocycles. The summed E-state index contributed by atoms with van der Waals surface area (Å²) in [6.07, 6.45) is 4.82. The van der Waals surface area contributed by atoms with Gasteiger partial charge in [-0.05, 0) is 70.6 Å². The zero-order chi connectivity index (χ0) is 26.1. The molecule has 3 heterocycles. The topological polar surface area (TPSA) is 72.3 Å². The minimum atomic E-state index is -0.522. The number of hydrogen-bond acceptors (Lipinski definition) is 6. The van der Waals surface area contributed by atoms with Crippen molar-refractivity contribution >= 4 is 34.7 Å². The van der Waals surface area contributed by atoms with Crippen molar-refractivity contribution in [2.45, 2.75) is 77.0 Å². The molecule has 0 bridgehead atoms. The Morgan fingerprint density at radius 3 is 2.51 bits per heavy atom. The Morgan fingerprint density at radius 2 is 1.89 bits per heavy atom. The van der Waals surface area contributed by atoms with E-state index in [-0.39, 0.29) is 11.9 Å². The van der Waals surface area contributed by atoms with Crippen molar-refractivity contribution in [2.75, 3.05) is 18.5 Å². The van der Waals surface area contributed by atoms with Crippen LogP contribution >= 0.6 is 22.9 Å². The fraction of sp³-hybridized carbons (Fsp3) is 0.536. The van der Waals surface area contributed by atoms with E-state index >= 15 is 0 Å². The molecule has 7 nitrogen and oxygen atoms in total. The first kappa shape index (κ1) is 26.4. The number of carbonyl (C=O) groups excluding carboxylic acids is 1. The zero-order valence-electron chi connectivity index (χ0n) is 22.0. The van der Waals surface area contributed by atoms with E-state index in [2.05, 4.69) is 41.3 Å². The standard InChI is InChI=1S/C28H36ClN5O2S/c1-17-13-26(32-33(17)4)31-27(35)25-15-34(24(16-36-25)14-20-5-9-22(29)10-6-20)23-11-7-21(8-12-23)28-30-18(2)19(3)37-28/h5-6,9-10,13,21,23-25H,7-8,11-12,14-16H2,1-4H3,(H,31,32,35). The number of hydrogen-bond donors (Lipinski definition) is 1. The van der Waals surface area contributed by atoms with Gasteiger partial charge in [0.05, 0.1) is 17.3 Å². The SMILES string of the molecule is Cc1nc(C2CCC(N3CC(C(=O)Nc4cc(C)n(C)n4)OCC3Cc3ccc(Cl)cc3)CC2)sc1C. The molecular weight excluding hydrogens is 506 g/mol. The van der Waals surface area contributed by atoms with Crippen molar-refractivity contribution in [1.82, 2.24) is 19.7 Å². The molecule has 0 radical (unpaired) electrons. The normalized spacial score (nSPS) is 24.8. The molecule has 1 amide bonds. The minimum absolute atomic E-state index is 0.129. The zero-order valence-corrected chi connectivity index (χ0v) is 23.6. The molecular formula is C28H36ClN5O2S. The summed E-state index contributed by atoms with van der Waals surface area (Å²) in [4.78, 5) is 21.9. The first-order valence-electron chi connectivity index (χ1n) is 13.1. The van der Waals surface area contributed by atoms with Crippen LogP contribution in [0, 0.1) is 20.8 Å². The van der Waals surface area contributed by atoms with Crippen LogP contribution in [0.15, 0.2) is 30.3 Å². The Kier molecular flexibility index (Phi) is 8.00. The lowest BCUT2D eigenvalue weighted by atomic mass is 9.84. The molecule has 37 heavy (non-hydrogen) atoms. The van der Waals surface area contributed by atoms with Crippen molar-refractivity contribution in [2.24, 2.45) is 7.05 Å². The lowest BCUT2D eigenvalue weighted by Crippen LogP contribution is -2.57. The third kappa shape index (κ3) is 6.08. The molecule has 2 aliphatic rings. The fourth-order valence-corrected chi connectivity index (χ4v) is 6.76. The van der Waals surface area contributed by atoms with Crippen LogP contribution < -0.4 is 5.32 Å². The third-order valence-corrected chi connectivity index (χ3v) is 9.42. The molecule has 2 aromatic heterocycles. The second-order valence-electron chi connectivity index (χ2n) is 10.5. The van der Waals surface area contributed by atoms with Gasteiger partial charge in [0, 0.05) is 53.3 Å². The third-order valence-electron chi connectivity index (χ3n) is 7.94. The Hall–Kier alpha value is -2.26. The van der Waals surface area contributed by atoms with Gasteiger partial charge in [-0.25, -0.2) is 4.98 Å². The van der Waals surface area contributed by atoms with E-state index < -0.39 is 6.10 Å². The second-order valence-corrected chi connectivity index (χ2v) is 12.2. The lowest BCUT2D eigenvalue weighted by Gasteiger charge is -2.45. The number of amides is 1. The molecule has 2 atom stereocenters. The Morgan fingerprint density at radius 1 is 1.16 bits per heavy atom. The molecule has 1 N–H and O–H groups in total. The summed E-state index contributed by atoms with van der Waals surface area (Å²) in [6.45, 7) is 7.34. The number of aromatic nitrogens is 3. The monoisotopic (exact) mass is 541 g/mol. The predicted molar refractivity (Wildman–Crippen MR) is 149 cm³/mol. The van der Waals surface area contributed by atoms with E-state index in [1.165, 1.54) is 15.4 Å². The molecule has 2 unspecified atom stereocenters. The highest BCUT2D eigenvalue weighted by Crippen LogP contribution is 2.38. The van der Waals surface area contributed by atoms with Crippen molar-refractivity contribution in [3.63, 3.8) is 0 Å². The van der Waals surface area contributed by atoms with E-state index in [4.69, 9.17) is 21.3 Å². The van der Waals surface area contributed by atoms with E-state index in [1.807, 2.05) is 43.5 Å². The number of morpholine rings is 1. The number of aryl methyl sites for hydroxylation is 4. The van der Waals surface area contributed by atoms with Crippen molar-refractivity contribution in [3.05, 3.63) is 62.2 Å². The highest BCUT2D eigenvalue weighted by atomic mass is 35.5. The van der Waals surface area contributed by atoms with Crippen LogP contribution in [0.3, 0.4) is 0 Å². The van der Waals surface area contributed by atoms with Crippen molar-refractivity contribution in [3.8, 4) is 0 Å². The maximum absolute atomic E-state index is 13.2. The predicted octanol–water partition coefficient (Wildman–Crippen LogP) is 5.43. The number of thiazole rings is 1. The van der Waals surface area contributed by atoms with E-state index in [9.17, 15) is 4.79 Å². The van der Waals surface area contributed by atoms with Gasteiger partial charge in [0.15, 0.2) is 5.82 Å². The summed E-state index contributed by atoms with van der Waals surface area (Å²) in [5.74, 6) is 0.976. The van der Waals surface area contributed by atoms with Crippen LogP contribution in [-0.2, 0) is 23.0 Å². The number of ether oxygens (including phenoxy) is 1. The summed E-state index contributed by atoms with van der Waals surface area (Å²) < 4.78 is 7.92. The lowest BCUT2D eigenvalue weighted by molar-refractivity contribution is -0.140. The van der Waals surface area contributed by atoms with Gasteiger partial charge in [0.25, 0.3) is 5.91 Å². The molecule has 3 aromatic rings. The molecule has 1 aliphatic carbocycles. The van der Waals surface area contributed by atoms with Crippen LogP contribution in [0.1, 0.15) is 58.4 Å². The van der Waals surface area contributed by atoms with Crippen molar-refractivity contribution < 1.29 is 9.53 Å². The van der Waals surface area contributed by atoms with E-state index in [0.29, 0.717) is 30.9 Å². The van der Waals surface area contributed by atoms with Crippen LogP contribution in [0.2, 0.25) is 5.02 Å². The average molecular weight is 542 g/mol. The largest absolute Gasteiger partial charge is 0.365 e. The maximum atomic E-state index is 13.2. The number of rotatable bonds is 6. The number of nitrogens with zero attached hydrogens (tertiary/aromatic N) is 4. The fourth-order valence-electron chi connectivity index (χ4n) is 5.55. The average Bonchev–Trinajstić information content (AvgIpc) is 3.39. The van der Waals surface area contributed by atoms with Crippen LogP contribution in [0.5, 0.6) is 0 Å². The van der Waals surface area contributed by atoms with Crippen molar-refractivity contribution in [1.29, 1.82) is 0 Å².